The fourth-order valence-electron chi connectivity index (χ4n) is 1.94. The van der Waals surface area contributed by atoms with Crippen LogP contribution in [0.25, 0.3) is 0 Å². The highest BCUT2D eigenvalue weighted by molar-refractivity contribution is 4.86. The maximum Gasteiger partial charge on any atom is 0.171 e. The molecule has 4 heteroatoms. The van der Waals surface area contributed by atoms with E-state index in [0.717, 1.165) is 12.6 Å². The summed E-state index contributed by atoms with van der Waals surface area (Å²) in [5.41, 5.74) is 0. The van der Waals surface area contributed by atoms with Gasteiger partial charge in [0.2, 0.25) is 0 Å². The Hall–Kier alpha value is -0.160. The highest BCUT2D eigenvalue weighted by atomic mass is 16.7. The molecule has 2 unspecified atom stereocenters. The molecule has 0 aliphatic heterocycles. The Kier molecular flexibility index (Phi) is 5.69. The van der Waals surface area contributed by atoms with Crippen LogP contribution in [-0.2, 0) is 9.47 Å². The molecule has 1 fully saturated rings. The Bertz CT molecular complexity index is 185. The van der Waals surface area contributed by atoms with E-state index in [4.69, 9.17) is 9.47 Å². The number of hydrogen-bond acceptors (Lipinski definition) is 4. The van der Waals surface area contributed by atoms with Crippen molar-refractivity contribution in [1.29, 1.82) is 0 Å². The van der Waals surface area contributed by atoms with Gasteiger partial charge in [-0.05, 0) is 33.7 Å². The summed E-state index contributed by atoms with van der Waals surface area (Å²) < 4.78 is 10.4. The lowest BCUT2D eigenvalue weighted by Gasteiger charge is -2.28. The molecule has 1 rings (SSSR count). The van der Waals surface area contributed by atoms with Crippen LogP contribution in [0.15, 0.2) is 0 Å². The highest BCUT2D eigenvalue weighted by Gasteiger charge is 2.29. The molecule has 2 atom stereocenters. The quantitative estimate of drug-likeness (QED) is 0.632. The van der Waals surface area contributed by atoms with Crippen molar-refractivity contribution in [3.05, 3.63) is 0 Å². The third kappa shape index (κ3) is 4.01. The summed E-state index contributed by atoms with van der Waals surface area (Å²) in [5.74, 6) is 0. The van der Waals surface area contributed by atoms with Crippen molar-refractivity contribution in [1.82, 2.24) is 10.2 Å². The first-order chi connectivity index (χ1) is 7.60. The average molecular weight is 230 g/mol. The highest BCUT2D eigenvalue weighted by Crippen LogP contribution is 2.26. The normalized spacial score (nSPS) is 20.4. The van der Waals surface area contributed by atoms with Crippen LogP contribution in [0.1, 0.15) is 26.7 Å². The molecule has 1 saturated carbocycles. The van der Waals surface area contributed by atoms with Crippen LogP contribution < -0.4 is 5.32 Å². The maximum atomic E-state index is 5.22. The van der Waals surface area contributed by atoms with Gasteiger partial charge in [-0.25, -0.2) is 0 Å². The van der Waals surface area contributed by atoms with Gasteiger partial charge >= 0.3 is 0 Å². The zero-order chi connectivity index (χ0) is 12.1. The second-order valence-electron chi connectivity index (χ2n) is 4.78. The SMILES string of the molecule is COC(OC)C(C)NCC(C)N(C)C1CC1. The zero-order valence-corrected chi connectivity index (χ0v) is 11.2. The van der Waals surface area contributed by atoms with Crippen LogP contribution in [0.4, 0.5) is 0 Å². The third-order valence-electron chi connectivity index (χ3n) is 3.43. The molecule has 1 aliphatic carbocycles. The van der Waals surface area contributed by atoms with E-state index in [-0.39, 0.29) is 12.3 Å². The van der Waals surface area contributed by atoms with Crippen molar-refractivity contribution in [2.75, 3.05) is 27.8 Å². The Morgan fingerprint density at radius 3 is 2.25 bits per heavy atom. The molecule has 1 N–H and O–H groups in total. The number of ether oxygens (including phenoxy) is 2. The van der Waals surface area contributed by atoms with Gasteiger partial charge in [-0.3, -0.25) is 4.90 Å². The van der Waals surface area contributed by atoms with E-state index in [0.29, 0.717) is 6.04 Å². The Labute approximate surface area is 99.3 Å². The van der Waals surface area contributed by atoms with Crippen LogP contribution in [0.3, 0.4) is 0 Å². The van der Waals surface area contributed by atoms with Gasteiger partial charge < -0.3 is 14.8 Å². The second-order valence-corrected chi connectivity index (χ2v) is 4.78. The van der Waals surface area contributed by atoms with E-state index in [1.54, 1.807) is 14.2 Å². The fraction of sp³-hybridized carbons (Fsp3) is 1.00. The number of likely N-dealkylation sites (N-methyl/N-ethyl adjacent to an activating group) is 1. The summed E-state index contributed by atoms with van der Waals surface area (Å²) in [4.78, 5) is 2.45. The Morgan fingerprint density at radius 1 is 1.25 bits per heavy atom. The van der Waals surface area contributed by atoms with Gasteiger partial charge in [-0.15, -0.1) is 0 Å². The molecular formula is C12H26N2O2. The Morgan fingerprint density at radius 2 is 1.81 bits per heavy atom. The van der Waals surface area contributed by atoms with Crippen molar-refractivity contribution < 1.29 is 9.47 Å². The number of rotatable bonds is 8. The van der Waals surface area contributed by atoms with Crippen molar-refractivity contribution >= 4 is 0 Å². The van der Waals surface area contributed by atoms with Gasteiger partial charge in [0.05, 0.1) is 6.04 Å². The lowest BCUT2D eigenvalue weighted by molar-refractivity contribution is -0.119. The van der Waals surface area contributed by atoms with Gasteiger partial charge in [-0.2, -0.15) is 0 Å². The molecule has 0 aromatic carbocycles. The molecule has 0 spiro atoms. The monoisotopic (exact) mass is 230 g/mol. The minimum Gasteiger partial charge on any atom is -0.354 e. The van der Waals surface area contributed by atoms with E-state index in [1.165, 1.54) is 12.8 Å². The smallest absolute Gasteiger partial charge is 0.171 e. The lowest BCUT2D eigenvalue weighted by atomic mass is 10.2. The average Bonchev–Trinajstić information content (AvgIpc) is 3.10. The van der Waals surface area contributed by atoms with E-state index >= 15 is 0 Å². The molecule has 0 aromatic rings. The van der Waals surface area contributed by atoms with Gasteiger partial charge in [0.25, 0.3) is 0 Å². The van der Waals surface area contributed by atoms with E-state index < -0.39 is 0 Å². The molecule has 4 nitrogen and oxygen atoms in total. The Balaban J connectivity index is 2.21. The van der Waals surface area contributed by atoms with Gasteiger partial charge in [0, 0.05) is 32.8 Å². The van der Waals surface area contributed by atoms with Crippen molar-refractivity contribution in [3.8, 4) is 0 Å². The number of methoxy groups -OCH3 is 2. The topological polar surface area (TPSA) is 33.7 Å². The van der Waals surface area contributed by atoms with Crippen molar-refractivity contribution in [2.45, 2.75) is 51.1 Å². The number of nitrogens with one attached hydrogen (secondary N) is 1. The van der Waals surface area contributed by atoms with Gasteiger partial charge in [0.1, 0.15) is 0 Å². The predicted molar refractivity (Wildman–Crippen MR) is 65.5 cm³/mol. The summed E-state index contributed by atoms with van der Waals surface area (Å²) in [6.45, 7) is 5.31. The molecule has 0 radical (unpaired) electrons. The molecular weight excluding hydrogens is 204 g/mol. The first kappa shape index (κ1) is 13.9. The summed E-state index contributed by atoms with van der Waals surface area (Å²) in [5, 5.41) is 3.46. The summed E-state index contributed by atoms with van der Waals surface area (Å²) in [6, 6.07) is 1.59. The van der Waals surface area contributed by atoms with Crippen LogP contribution >= 0.6 is 0 Å². The molecule has 0 aromatic heterocycles. The molecule has 0 heterocycles. The molecule has 0 saturated heterocycles. The largest absolute Gasteiger partial charge is 0.354 e. The van der Waals surface area contributed by atoms with E-state index in [9.17, 15) is 0 Å². The van der Waals surface area contributed by atoms with Gasteiger partial charge in [-0.1, -0.05) is 0 Å². The van der Waals surface area contributed by atoms with E-state index in [2.05, 4.69) is 31.1 Å². The maximum absolute atomic E-state index is 5.22. The summed E-state index contributed by atoms with van der Waals surface area (Å²) in [6.07, 6.45) is 2.54. The van der Waals surface area contributed by atoms with Crippen LogP contribution in [-0.4, -0.2) is 57.1 Å². The van der Waals surface area contributed by atoms with Crippen LogP contribution in [0, 0.1) is 0 Å². The molecule has 0 bridgehead atoms. The summed E-state index contributed by atoms with van der Waals surface area (Å²) >= 11 is 0. The zero-order valence-electron chi connectivity index (χ0n) is 11.2. The first-order valence-electron chi connectivity index (χ1n) is 6.11. The standard InChI is InChI=1S/C12H26N2O2/c1-9(14(3)11-6-7-11)8-13-10(2)12(15-4)16-5/h9-13H,6-8H2,1-5H3. The fourth-order valence-corrected chi connectivity index (χ4v) is 1.94. The third-order valence-corrected chi connectivity index (χ3v) is 3.43. The van der Waals surface area contributed by atoms with Crippen LogP contribution in [0.2, 0.25) is 0 Å². The molecule has 96 valence electrons. The predicted octanol–water partition coefficient (Wildman–Crippen LogP) is 1.07. The van der Waals surface area contributed by atoms with Crippen molar-refractivity contribution in [3.63, 3.8) is 0 Å². The van der Waals surface area contributed by atoms with E-state index in [1.807, 2.05) is 0 Å². The molecule has 0 amide bonds. The minimum atomic E-state index is -0.168. The minimum absolute atomic E-state index is 0.168. The van der Waals surface area contributed by atoms with Crippen molar-refractivity contribution in [2.24, 2.45) is 0 Å². The number of hydrogen-bond donors (Lipinski definition) is 1. The van der Waals surface area contributed by atoms with Crippen LogP contribution in [0.5, 0.6) is 0 Å². The van der Waals surface area contributed by atoms with Gasteiger partial charge in [0.15, 0.2) is 6.29 Å². The number of nitrogens with zero attached hydrogens (tertiary/aromatic N) is 1. The molecule has 1 aliphatic rings. The lowest BCUT2D eigenvalue weighted by Crippen LogP contribution is -2.46. The molecule has 16 heavy (non-hydrogen) atoms. The summed E-state index contributed by atoms with van der Waals surface area (Å²) in [7, 11) is 5.55. The second kappa shape index (κ2) is 6.55. The first-order valence-corrected chi connectivity index (χ1v) is 6.11.